The van der Waals surface area contributed by atoms with Gasteiger partial charge >= 0.3 is 5.97 Å². The van der Waals surface area contributed by atoms with Crippen molar-refractivity contribution in [1.82, 2.24) is 0 Å². The fraction of sp³-hybridized carbons (Fsp3) is 0.350. The van der Waals surface area contributed by atoms with E-state index >= 15 is 0 Å². The molecule has 0 spiro atoms. The summed E-state index contributed by atoms with van der Waals surface area (Å²) in [6, 6.07) is 15.5. The second kappa shape index (κ2) is 8.96. The first-order chi connectivity index (χ1) is 11.6. The maximum absolute atomic E-state index is 11.0. The standard InChI is InChI=1S/C20H24O4/c1-3-11-23-17-9-10-18(15(2)12-20(21)22)19(13-17)24-14-16-7-5-4-6-8-16/h4-10,13,15H,3,11-12,14H2,1-2H3,(H,21,22). The number of benzene rings is 2. The Kier molecular flexibility index (Phi) is 6.67. The Morgan fingerprint density at radius 3 is 2.54 bits per heavy atom. The predicted molar refractivity (Wildman–Crippen MR) is 93.7 cm³/mol. The van der Waals surface area contributed by atoms with Gasteiger partial charge in [0.05, 0.1) is 13.0 Å². The normalized spacial score (nSPS) is 11.8. The van der Waals surface area contributed by atoms with Crippen LogP contribution in [0.2, 0.25) is 0 Å². The summed E-state index contributed by atoms with van der Waals surface area (Å²) < 4.78 is 11.6. The summed E-state index contributed by atoms with van der Waals surface area (Å²) in [5, 5.41) is 9.05. The SMILES string of the molecule is CCCOc1ccc(C(C)CC(=O)O)c(OCc2ccccc2)c1. The van der Waals surface area contributed by atoms with E-state index in [1.54, 1.807) is 0 Å². The van der Waals surface area contributed by atoms with Gasteiger partial charge in [-0.25, -0.2) is 0 Å². The van der Waals surface area contributed by atoms with Gasteiger partial charge in [-0.2, -0.15) is 0 Å². The Balaban J connectivity index is 2.20. The van der Waals surface area contributed by atoms with Gasteiger partial charge in [0.25, 0.3) is 0 Å². The smallest absolute Gasteiger partial charge is 0.303 e. The van der Waals surface area contributed by atoms with Gasteiger partial charge in [0, 0.05) is 6.07 Å². The van der Waals surface area contributed by atoms with E-state index in [-0.39, 0.29) is 12.3 Å². The molecule has 1 atom stereocenters. The van der Waals surface area contributed by atoms with Gasteiger partial charge < -0.3 is 14.6 Å². The summed E-state index contributed by atoms with van der Waals surface area (Å²) in [7, 11) is 0. The first kappa shape index (κ1) is 17.9. The number of aliphatic carboxylic acids is 1. The quantitative estimate of drug-likeness (QED) is 0.729. The summed E-state index contributed by atoms with van der Waals surface area (Å²) in [6.45, 7) is 5.02. The molecule has 0 aliphatic rings. The maximum Gasteiger partial charge on any atom is 0.303 e. The average molecular weight is 328 g/mol. The van der Waals surface area contributed by atoms with Gasteiger partial charge in [0.2, 0.25) is 0 Å². The molecule has 0 amide bonds. The number of ether oxygens (including phenoxy) is 2. The molecule has 4 nitrogen and oxygen atoms in total. The van der Waals surface area contributed by atoms with E-state index in [0.29, 0.717) is 19.0 Å². The summed E-state index contributed by atoms with van der Waals surface area (Å²) in [6.07, 6.45) is 0.994. The lowest BCUT2D eigenvalue weighted by Gasteiger charge is -2.17. The monoisotopic (exact) mass is 328 g/mol. The van der Waals surface area contributed by atoms with Gasteiger partial charge in [0.15, 0.2) is 0 Å². The molecule has 0 saturated carbocycles. The molecular weight excluding hydrogens is 304 g/mol. The van der Waals surface area contributed by atoms with Crippen LogP contribution in [-0.4, -0.2) is 17.7 Å². The molecule has 128 valence electrons. The van der Waals surface area contributed by atoms with E-state index in [1.165, 1.54) is 0 Å². The fourth-order valence-electron chi connectivity index (χ4n) is 2.46. The lowest BCUT2D eigenvalue weighted by Crippen LogP contribution is -2.06. The molecule has 4 heteroatoms. The highest BCUT2D eigenvalue weighted by Gasteiger charge is 2.16. The zero-order chi connectivity index (χ0) is 17.4. The van der Waals surface area contributed by atoms with Crippen molar-refractivity contribution in [3.05, 3.63) is 59.7 Å². The number of carbonyl (C=O) groups is 1. The molecule has 0 saturated heterocycles. The molecular formula is C20H24O4. The minimum atomic E-state index is -0.817. The highest BCUT2D eigenvalue weighted by molar-refractivity contribution is 5.68. The number of hydrogen-bond acceptors (Lipinski definition) is 3. The number of rotatable bonds is 9. The topological polar surface area (TPSA) is 55.8 Å². The molecule has 0 radical (unpaired) electrons. The van der Waals surface area contributed by atoms with Gasteiger partial charge in [0.1, 0.15) is 18.1 Å². The summed E-state index contributed by atoms with van der Waals surface area (Å²) in [5.41, 5.74) is 1.95. The first-order valence-electron chi connectivity index (χ1n) is 8.25. The predicted octanol–water partition coefficient (Wildman–Crippen LogP) is 4.63. The van der Waals surface area contributed by atoms with Crippen LogP contribution >= 0.6 is 0 Å². The Hall–Kier alpha value is -2.49. The third kappa shape index (κ3) is 5.30. The van der Waals surface area contributed by atoms with Gasteiger partial charge in [-0.1, -0.05) is 50.2 Å². The summed E-state index contributed by atoms with van der Waals surface area (Å²) >= 11 is 0. The minimum absolute atomic E-state index is 0.0663. The molecule has 1 N–H and O–H groups in total. The van der Waals surface area contributed by atoms with Crippen LogP contribution in [0.3, 0.4) is 0 Å². The van der Waals surface area contributed by atoms with Crippen molar-refractivity contribution in [3.63, 3.8) is 0 Å². The molecule has 24 heavy (non-hydrogen) atoms. The van der Waals surface area contributed by atoms with E-state index in [1.807, 2.05) is 55.5 Å². The highest BCUT2D eigenvalue weighted by Crippen LogP contribution is 2.33. The second-order valence-corrected chi connectivity index (χ2v) is 5.82. The van der Waals surface area contributed by atoms with Crippen LogP contribution in [0.5, 0.6) is 11.5 Å². The van der Waals surface area contributed by atoms with Crippen LogP contribution in [0.25, 0.3) is 0 Å². The summed E-state index contributed by atoms with van der Waals surface area (Å²) in [4.78, 5) is 11.0. The Morgan fingerprint density at radius 2 is 1.88 bits per heavy atom. The van der Waals surface area contributed by atoms with E-state index in [4.69, 9.17) is 14.6 Å². The molecule has 2 aromatic rings. The number of carboxylic acids is 1. The van der Waals surface area contributed by atoms with Crippen LogP contribution in [0.1, 0.15) is 43.7 Å². The van der Waals surface area contributed by atoms with Gasteiger partial charge in [-0.15, -0.1) is 0 Å². The lowest BCUT2D eigenvalue weighted by molar-refractivity contribution is -0.137. The molecule has 1 unspecified atom stereocenters. The Labute approximate surface area is 143 Å². The first-order valence-corrected chi connectivity index (χ1v) is 8.25. The van der Waals surface area contributed by atoms with Crippen molar-refractivity contribution in [2.24, 2.45) is 0 Å². The van der Waals surface area contributed by atoms with Crippen LogP contribution in [-0.2, 0) is 11.4 Å². The minimum Gasteiger partial charge on any atom is -0.493 e. The molecule has 0 bridgehead atoms. The van der Waals surface area contributed by atoms with Crippen LogP contribution in [0.4, 0.5) is 0 Å². The van der Waals surface area contributed by atoms with E-state index in [2.05, 4.69) is 6.92 Å². The zero-order valence-corrected chi connectivity index (χ0v) is 14.2. The highest BCUT2D eigenvalue weighted by atomic mass is 16.5. The Morgan fingerprint density at radius 1 is 1.12 bits per heavy atom. The van der Waals surface area contributed by atoms with Gasteiger partial charge in [-0.3, -0.25) is 4.79 Å². The molecule has 0 aliphatic heterocycles. The molecule has 2 rings (SSSR count). The van der Waals surface area contributed by atoms with Crippen molar-refractivity contribution in [2.45, 2.75) is 39.2 Å². The molecule has 0 fully saturated rings. The van der Waals surface area contributed by atoms with Crippen LogP contribution < -0.4 is 9.47 Å². The third-order valence-corrected chi connectivity index (χ3v) is 3.71. The lowest BCUT2D eigenvalue weighted by atomic mass is 9.96. The van der Waals surface area contributed by atoms with Crippen molar-refractivity contribution in [2.75, 3.05) is 6.61 Å². The summed E-state index contributed by atoms with van der Waals surface area (Å²) in [5.74, 6) is 0.476. The van der Waals surface area contributed by atoms with Crippen LogP contribution in [0, 0.1) is 0 Å². The third-order valence-electron chi connectivity index (χ3n) is 3.71. The van der Waals surface area contributed by atoms with E-state index in [9.17, 15) is 4.79 Å². The zero-order valence-electron chi connectivity index (χ0n) is 14.2. The maximum atomic E-state index is 11.0. The van der Waals surface area contributed by atoms with Crippen LogP contribution in [0.15, 0.2) is 48.5 Å². The average Bonchev–Trinajstić information content (AvgIpc) is 2.58. The van der Waals surface area contributed by atoms with Crippen molar-refractivity contribution >= 4 is 5.97 Å². The van der Waals surface area contributed by atoms with E-state index < -0.39 is 5.97 Å². The fourth-order valence-corrected chi connectivity index (χ4v) is 2.46. The molecule has 0 aromatic heterocycles. The largest absolute Gasteiger partial charge is 0.493 e. The van der Waals surface area contributed by atoms with Gasteiger partial charge in [-0.05, 0) is 29.5 Å². The van der Waals surface area contributed by atoms with Crippen molar-refractivity contribution in [1.29, 1.82) is 0 Å². The molecule has 0 aliphatic carbocycles. The van der Waals surface area contributed by atoms with Crippen molar-refractivity contribution in [3.8, 4) is 11.5 Å². The number of hydrogen-bond donors (Lipinski definition) is 1. The van der Waals surface area contributed by atoms with E-state index in [0.717, 1.165) is 23.3 Å². The Bertz CT molecular complexity index is 652. The molecule has 0 heterocycles. The number of carboxylic acid groups (broad SMARTS) is 1. The second-order valence-electron chi connectivity index (χ2n) is 5.82. The van der Waals surface area contributed by atoms with Crippen molar-refractivity contribution < 1.29 is 19.4 Å². The molecule has 2 aromatic carbocycles.